The fraction of sp³-hybridized carbons (Fsp3) is 0.304. The number of carbonyl (C=O) groups is 1. The molecule has 1 aromatic heterocycles. The Labute approximate surface area is 189 Å². The largest absolute Gasteiger partial charge is 0.508 e. The fourth-order valence-electron chi connectivity index (χ4n) is 3.65. The average molecular weight is 459 g/mol. The van der Waals surface area contributed by atoms with E-state index >= 15 is 0 Å². The van der Waals surface area contributed by atoms with Gasteiger partial charge in [-0.25, -0.2) is 4.98 Å². The van der Waals surface area contributed by atoms with Gasteiger partial charge in [0.2, 0.25) is 5.91 Å². The minimum absolute atomic E-state index is 0.0381. The maximum Gasteiger partial charge on any atom is 0.242 e. The maximum absolute atomic E-state index is 13.0. The normalized spacial score (nSPS) is 19.1. The van der Waals surface area contributed by atoms with Gasteiger partial charge in [0, 0.05) is 21.5 Å². The second kappa shape index (κ2) is 8.25. The molecule has 0 aliphatic carbocycles. The number of aryl methyl sites for hydroxylation is 1. The first kappa shape index (κ1) is 21.2. The molecule has 0 saturated carbocycles. The van der Waals surface area contributed by atoms with Gasteiger partial charge in [0.15, 0.2) is 5.13 Å². The summed E-state index contributed by atoms with van der Waals surface area (Å²) in [6.07, 6.45) is 0. The first-order valence-corrected chi connectivity index (χ1v) is 12.0. The lowest BCUT2D eigenvalue weighted by molar-refractivity contribution is -0.117. The Bertz CT molecular complexity index is 1110. The predicted molar refractivity (Wildman–Crippen MR) is 127 cm³/mol. The number of benzene rings is 2. The fourth-order valence-corrected chi connectivity index (χ4v) is 6.17. The number of anilines is 1. The number of halogens is 1. The number of rotatable bonds is 4. The molecule has 0 bridgehead atoms. The van der Waals surface area contributed by atoms with Crippen LogP contribution in [0, 0.1) is 6.92 Å². The highest BCUT2D eigenvalue weighted by molar-refractivity contribution is 8.01. The van der Waals surface area contributed by atoms with Gasteiger partial charge in [-0.1, -0.05) is 43.6 Å². The van der Waals surface area contributed by atoms with Crippen LogP contribution in [-0.4, -0.2) is 21.2 Å². The second-order valence-electron chi connectivity index (χ2n) is 7.76. The Morgan fingerprint density at radius 3 is 2.67 bits per heavy atom. The van der Waals surface area contributed by atoms with E-state index in [9.17, 15) is 9.90 Å². The summed E-state index contributed by atoms with van der Waals surface area (Å²) in [7, 11) is 0. The highest BCUT2D eigenvalue weighted by Gasteiger charge is 2.41. The standard InChI is InChI=1S/C23H23ClN2O2S2/c1-12(2)16-10-17(13(3)9-20(16)27)19-11-29-23(25-19)26-21(28)14(4)30-22(26)15-7-5-6-8-18(15)24/h5-12,14,22,27H,1-4H3. The van der Waals surface area contributed by atoms with Crippen LogP contribution in [0.2, 0.25) is 5.02 Å². The van der Waals surface area contributed by atoms with E-state index in [1.54, 1.807) is 22.7 Å². The number of hydrogen-bond donors (Lipinski definition) is 1. The number of phenolic OH excluding ortho intramolecular Hbond substituents is 1. The Morgan fingerprint density at radius 1 is 1.23 bits per heavy atom. The number of amides is 1. The summed E-state index contributed by atoms with van der Waals surface area (Å²) in [6.45, 7) is 7.99. The zero-order valence-electron chi connectivity index (χ0n) is 17.2. The quantitative estimate of drug-likeness (QED) is 0.468. The minimum Gasteiger partial charge on any atom is -0.508 e. The molecule has 1 saturated heterocycles. The lowest BCUT2D eigenvalue weighted by Crippen LogP contribution is -2.30. The van der Waals surface area contributed by atoms with Crippen molar-refractivity contribution in [2.45, 2.75) is 44.2 Å². The van der Waals surface area contributed by atoms with Crippen LogP contribution in [0.5, 0.6) is 5.75 Å². The molecule has 2 unspecified atom stereocenters. The molecular formula is C23H23ClN2O2S2. The van der Waals surface area contributed by atoms with Gasteiger partial charge in [-0.2, -0.15) is 0 Å². The molecule has 0 radical (unpaired) electrons. The summed E-state index contributed by atoms with van der Waals surface area (Å²) in [4.78, 5) is 19.6. The van der Waals surface area contributed by atoms with Crippen LogP contribution in [0.3, 0.4) is 0 Å². The van der Waals surface area contributed by atoms with Crippen LogP contribution in [0.4, 0.5) is 5.13 Å². The molecule has 0 spiro atoms. The Kier molecular flexibility index (Phi) is 5.84. The lowest BCUT2D eigenvalue weighted by Gasteiger charge is -2.22. The van der Waals surface area contributed by atoms with Crippen LogP contribution >= 0.6 is 34.7 Å². The number of thiazole rings is 1. The molecular weight excluding hydrogens is 436 g/mol. The molecule has 4 rings (SSSR count). The molecule has 3 aromatic rings. The van der Waals surface area contributed by atoms with E-state index in [-0.39, 0.29) is 22.4 Å². The van der Waals surface area contributed by atoms with Gasteiger partial charge < -0.3 is 5.11 Å². The first-order chi connectivity index (χ1) is 14.3. The third kappa shape index (κ3) is 3.72. The molecule has 156 valence electrons. The molecule has 1 amide bonds. The Morgan fingerprint density at radius 2 is 1.97 bits per heavy atom. The van der Waals surface area contributed by atoms with E-state index in [0.717, 1.165) is 27.9 Å². The van der Waals surface area contributed by atoms with Crippen molar-refractivity contribution in [3.8, 4) is 17.0 Å². The summed E-state index contributed by atoms with van der Waals surface area (Å²) in [5.41, 5.74) is 4.54. The summed E-state index contributed by atoms with van der Waals surface area (Å²) >= 11 is 9.48. The first-order valence-electron chi connectivity index (χ1n) is 9.80. The van der Waals surface area contributed by atoms with E-state index in [1.165, 1.54) is 11.3 Å². The summed E-state index contributed by atoms with van der Waals surface area (Å²) in [6, 6.07) is 11.4. The van der Waals surface area contributed by atoms with Crippen molar-refractivity contribution in [1.29, 1.82) is 0 Å². The number of aromatic nitrogens is 1. The molecule has 2 atom stereocenters. The Balaban J connectivity index is 1.75. The summed E-state index contributed by atoms with van der Waals surface area (Å²) < 4.78 is 0. The van der Waals surface area contributed by atoms with Crippen LogP contribution < -0.4 is 4.90 Å². The van der Waals surface area contributed by atoms with E-state index in [0.29, 0.717) is 15.9 Å². The highest BCUT2D eigenvalue weighted by Crippen LogP contribution is 2.48. The van der Waals surface area contributed by atoms with Crippen LogP contribution in [-0.2, 0) is 4.79 Å². The molecule has 2 heterocycles. The monoisotopic (exact) mass is 458 g/mol. The van der Waals surface area contributed by atoms with Gasteiger partial charge >= 0.3 is 0 Å². The van der Waals surface area contributed by atoms with Crippen molar-refractivity contribution in [3.05, 3.63) is 63.5 Å². The molecule has 1 aliphatic rings. The zero-order valence-corrected chi connectivity index (χ0v) is 19.6. The average Bonchev–Trinajstić information content (AvgIpc) is 3.27. The lowest BCUT2D eigenvalue weighted by atomic mass is 9.95. The number of carbonyl (C=O) groups excluding carboxylic acids is 1. The third-order valence-corrected chi connectivity index (χ3v) is 7.81. The number of hydrogen-bond acceptors (Lipinski definition) is 5. The van der Waals surface area contributed by atoms with Gasteiger partial charge in [0.25, 0.3) is 0 Å². The van der Waals surface area contributed by atoms with Crippen molar-refractivity contribution in [2.75, 3.05) is 4.90 Å². The number of aromatic hydroxyl groups is 1. The van der Waals surface area contributed by atoms with Crippen molar-refractivity contribution in [1.82, 2.24) is 4.98 Å². The van der Waals surface area contributed by atoms with E-state index in [1.807, 2.05) is 49.6 Å². The van der Waals surface area contributed by atoms with E-state index < -0.39 is 0 Å². The van der Waals surface area contributed by atoms with Crippen molar-refractivity contribution >= 4 is 45.7 Å². The number of thioether (sulfide) groups is 1. The molecule has 7 heteroatoms. The van der Waals surface area contributed by atoms with Gasteiger partial charge in [-0.05, 0) is 49.1 Å². The van der Waals surface area contributed by atoms with Crippen molar-refractivity contribution < 1.29 is 9.90 Å². The van der Waals surface area contributed by atoms with Gasteiger partial charge in [-0.15, -0.1) is 23.1 Å². The molecule has 4 nitrogen and oxygen atoms in total. The SMILES string of the molecule is Cc1cc(O)c(C(C)C)cc1-c1csc(N2C(=O)C(C)SC2c2ccccc2Cl)n1. The van der Waals surface area contributed by atoms with Crippen molar-refractivity contribution in [3.63, 3.8) is 0 Å². The number of nitrogens with zero attached hydrogens (tertiary/aromatic N) is 2. The molecule has 1 aliphatic heterocycles. The summed E-state index contributed by atoms with van der Waals surface area (Å²) in [5.74, 6) is 0.543. The molecule has 1 N–H and O–H groups in total. The molecule has 1 fully saturated rings. The topological polar surface area (TPSA) is 53.4 Å². The Hall–Kier alpha value is -2.02. The molecule has 30 heavy (non-hydrogen) atoms. The van der Waals surface area contributed by atoms with E-state index in [4.69, 9.17) is 16.6 Å². The maximum atomic E-state index is 13.0. The minimum atomic E-state index is -0.202. The summed E-state index contributed by atoms with van der Waals surface area (Å²) in [5, 5.41) is 13.2. The molecule has 2 aromatic carbocycles. The highest BCUT2D eigenvalue weighted by atomic mass is 35.5. The smallest absolute Gasteiger partial charge is 0.242 e. The number of phenols is 1. The van der Waals surface area contributed by atoms with Gasteiger partial charge in [-0.3, -0.25) is 9.69 Å². The van der Waals surface area contributed by atoms with Crippen LogP contribution in [0.25, 0.3) is 11.3 Å². The van der Waals surface area contributed by atoms with Gasteiger partial charge in [0.05, 0.1) is 10.9 Å². The van der Waals surface area contributed by atoms with Gasteiger partial charge in [0.1, 0.15) is 11.1 Å². The van der Waals surface area contributed by atoms with Crippen LogP contribution in [0.1, 0.15) is 48.8 Å². The third-order valence-electron chi connectivity index (χ3n) is 5.29. The second-order valence-corrected chi connectivity index (χ2v) is 10.4. The van der Waals surface area contributed by atoms with Crippen LogP contribution in [0.15, 0.2) is 41.8 Å². The van der Waals surface area contributed by atoms with E-state index in [2.05, 4.69) is 13.8 Å². The predicted octanol–water partition coefficient (Wildman–Crippen LogP) is 6.77. The van der Waals surface area contributed by atoms with Crippen molar-refractivity contribution in [2.24, 2.45) is 0 Å². The zero-order chi connectivity index (χ0) is 21.6.